The highest BCUT2D eigenvalue weighted by molar-refractivity contribution is 7.89. The lowest BCUT2D eigenvalue weighted by Crippen LogP contribution is -2.54. The van der Waals surface area contributed by atoms with Crippen molar-refractivity contribution in [2.45, 2.75) is 44.4 Å². The first-order valence-corrected chi connectivity index (χ1v) is 22.3. The van der Waals surface area contributed by atoms with Gasteiger partial charge in [0.15, 0.2) is 5.13 Å². The van der Waals surface area contributed by atoms with Crippen molar-refractivity contribution in [3.8, 4) is 23.1 Å². The first-order valence-electron chi connectivity index (χ1n) is 19.6. The summed E-state index contributed by atoms with van der Waals surface area (Å²) < 4.78 is 30.6. The number of fused-ring (bicyclic) bond motifs is 1. The van der Waals surface area contributed by atoms with Crippen LogP contribution in [0.1, 0.15) is 78.2 Å². The maximum atomic E-state index is 13.5. The van der Waals surface area contributed by atoms with Crippen molar-refractivity contribution >= 4 is 67.8 Å². The molecule has 1 saturated heterocycles. The molecule has 2 aliphatic heterocycles. The summed E-state index contributed by atoms with van der Waals surface area (Å²) in [6.07, 6.45) is 4.29. The number of rotatable bonds is 15. The van der Waals surface area contributed by atoms with Gasteiger partial charge in [0, 0.05) is 53.9 Å². The van der Waals surface area contributed by atoms with E-state index < -0.39 is 57.6 Å². The van der Waals surface area contributed by atoms with Gasteiger partial charge in [0.05, 0.1) is 41.9 Å². The number of nitrogens with zero attached hydrogens (tertiary/aromatic N) is 3. The fourth-order valence-corrected chi connectivity index (χ4v) is 8.02. The van der Waals surface area contributed by atoms with Gasteiger partial charge in [-0.05, 0) is 48.7 Å². The smallest absolute Gasteiger partial charge is 0.263 e. The van der Waals surface area contributed by atoms with E-state index in [1.165, 1.54) is 29.7 Å². The van der Waals surface area contributed by atoms with E-state index in [4.69, 9.17) is 4.74 Å². The number of aromatic nitrogens is 2. The zero-order valence-corrected chi connectivity index (χ0v) is 35.2. The monoisotopic (exact) mass is 889 g/mol. The summed E-state index contributed by atoms with van der Waals surface area (Å²) in [5, 5.41) is 12.4. The van der Waals surface area contributed by atoms with Gasteiger partial charge in [-0.1, -0.05) is 60.4 Å². The number of hydrogen-bond acceptors (Lipinski definition) is 12. The molecule has 4 heterocycles. The van der Waals surface area contributed by atoms with Crippen LogP contribution < -0.4 is 21.3 Å². The number of hydrogen-bond donors (Lipinski definition) is 4. The summed E-state index contributed by atoms with van der Waals surface area (Å²) >= 11 is 1.21. The molecule has 0 spiro atoms. The molecule has 0 aliphatic carbocycles. The Kier molecular flexibility index (Phi) is 13.3. The fraction of sp³-hybridized carbons (Fsp3) is 0.227. The standard InChI is InChI=1S/C44H39N7O10S2/c1-63(59,60)50-22-20-31(23-50)39(54)46-33(40(55)49-44-47-34(26-62-44)28-9-4-2-5-10-28)25-61-24-27-14-16-30(17-15-27)38(53)45-21-7-3-6-11-29-12-8-13-32-37(29)43(58)51(42(32)57)35-18-19-36(52)48-41(35)56/h2,4-5,8-10,12-17,20,22-23,26,33,35H,3,7,18-19,21,24-25H2,1H3,(H,45,53)(H,46,54)(H,47,49,55)(H,48,52,56). The number of benzene rings is 3. The van der Waals surface area contributed by atoms with Crippen molar-refractivity contribution in [1.82, 2.24) is 29.8 Å². The van der Waals surface area contributed by atoms with E-state index in [2.05, 4.69) is 38.1 Å². The molecule has 2 aliphatic rings. The zero-order chi connectivity index (χ0) is 44.7. The summed E-state index contributed by atoms with van der Waals surface area (Å²) in [5.41, 5.74) is 3.20. The van der Waals surface area contributed by atoms with Crippen LogP contribution in [-0.4, -0.2) is 95.1 Å². The molecule has 0 radical (unpaired) electrons. The summed E-state index contributed by atoms with van der Waals surface area (Å²) in [6.45, 7) is 0.0719. The van der Waals surface area contributed by atoms with Crippen LogP contribution in [0.4, 0.5) is 5.13 Å². The number of ether oxygens (including phenoxy) is 1. The van der Waals surface area contributed by atoms with E-state index in [0.717, 1.165) is 26.9 Å². The number of amides is 7. The molecule has 2 unspecified atom stereocenters. The Morgan fingerprint density at radius 2 is 1.73 bits per heavy atom. The second-order valence-electron chi connectivity index (χ2n) is 14.5. The lowest BCUT2D eigenvalue weighted by Gasteiger charge is -2.27. The van der Waals surface area contributed by atoms with E-state index in [-0.39, 0.29) is 48.7 Å². The number of anilines is 1. The molecule has 3 aromatic carbocycles. The largest absolute Gasteiger partial charge is 0.374 e. The predicted molar refractivity (Wildman–Crippen MR) is 230 cm³/mol. The fourth-order valence-electron chi connectivity index (χ4n) is 6.71. The lowest BCUT2D eigenvalue weighted by atomic mass is 10.0. The number of unbranched alkanes of at least 4 members (excludes halogenated alkanes) is 1. The zero-order valence-electron chi connectivity index (χ0n) is 33.6. The Balaban J connectivity index is 0.898. The highest BCUT2D eigenvalue weighted by Gasteiger charge is 2.45. The third-order valence-corrected chi connectivity index (χ3v) is 11.7. The van der Waals surface area contributed by atoms with Crippen molar-refractivity contribution in [2.24, 2.45) is 0 Å². The Bertz CT molecular complexity index is 2790. The van der Waals surface area contributed by atoms with Gasteiger partial charge in [-0.25, -0.2) is 13.4 Å². The van der Waals surface area contributed by atoms with Crippen LogP contribution in [0.25, 0.3) is 11.3 Å². The number of carbonyl (C=O) groups excluding carboxylic acids is 7. The van der Waals surface area contributed by atoms with Gasteiger partial charge in [-0.2, -0.15) is 0 Å². The molecular weight excluding hydrogens is 851 g/mol. The molecule has 5 aromatic rings. The average molecular weight is 890 g/mol. The highest BCUT2D eigenvalue weighted by Crippen LogP contribution is 2.30. The lowest BCUT2D eigenvalue weighted by molar-refractivity contribution is -0.136. The quantitative estimate of drug-likeness (QED) is 0.0677. The minimum Gasteiger partial charge on any atom is -0.374 e. The molecule has 63 heavy (non-hydrogen) atoms. The Morgan fingerprint density at radius 1 is 0.952 bits per heavy atom. The molecule has 2 aromatic heterocycles. The van der Waals surface area contributed by atoms with E-state index >= 15 is 0 Å². The van der Waals surface area contributed by atoms with Gasteiger partial charge in [0.2, 0.25) is 21.8 Å². The molecule has 1 fully saturated rings. The Labute approximate surface area is 365 Å². The number of thiazole rings is 1. The number of imide groups is 2. The molecule has 2 atom stereocenters. The molecule has 7 rings (SSSR count). The van der Waals surface area contributed by atoms with Gasteiger partial charge in [0.1, 0.15) is 12.1 Å². The topological polar surface area (TPSA) is 232 Å². The van der Waals surface area contributed by atoms with Gasteiger partial charge < -0.3 is 20.7 Å². The second-order valence-corrected chi connectivity index (χ2v) is 17.2. The first-order chi connectivity index (χ1) is 30.3. The summed E-state index contributed by atoms with van der Waals surface area (Å²) in [5.74, 6) is 1.90. The third-order valence-electron chi connectivity index (χ3n) is 9.96. The third kappa shape index (κ3) is 10.4. The van der Waals surface area contributed by atoms with Crippen LogP contribution in [0.5, 0.6) is 0 Å². The Morgan fingerprint density at radius 3 is 2.46 bits per heavy atom. The van der Waals surface area contributed by atoms with Crippen LogP contribution in [0, 0.1) is 11.8 Å². The second kappa shape index (κ2) is 19.2. The van der Waals surface area contributed by atoms with Gasteiger partial charge >= 0.3 is 0 Å². The predicted octanol–water partition coefficient (Wildman–Crippen LogP) is 3.34. The van der Waals surface area contributed by atoms with Crippen LogP contribution in [0.15, 0.2) is 96.6 Å². The molecule has 7 amide bonds. The van der Waals surface area contributed by atoms with E-state index in [0.29, 0.717) is 46.9 Å². The van der Waals surface area contributed by atoms with Crippen molar-refractivity contribution in [3.63, 3.8) is 0 Å². The van der Waals surface area contributed by atoms with Crippen molar-refractivity contribution in [2.75, 3.05) is 24.7 Å². The minimum absolute atomic E-state index is 0.0176. The average Bonchev–Trinajstić information content (AvgIpc) is 4.02. The molecule has 17 nitrogen and oxygen atoms in total. The van der Waals surface area contributed by atoms with Crippen LogP contribution in [-0.2, 0) is 35.8 Å². The molecule has 0 saturated carbocycles. The summed E-state index contributed by atoms with van der Waals surface area (Å²) in [6, 6.07) is 19.8. The van der Waals surface area contributed by atoms with E-state index in [1.54, 1.807) is 41.8 Å². The van der Waals surface area contributed by atoms with Crippen LogP contribution in [0.2, 0.25) is 0 Å². The van der Waals surface area contributed by atoms with E-state index in [1.807, 2.05) is 30.3 Å². The normalized spacial score (nSPS) is 15.2. The first kappa shape index (κ1) is 43.8. The highest BCUT2D eigenvalue weighted by atomic mass is 32.2. The number of nitrogens with one attached hydrogen (secondary N) is 4. The van der Waals surface area contributed by atoms with Gasteiger partial charge in [-0.3, -0.25) is 47.8 Å². The molecule has 19 heteroatoms. The van der Waals surface area contributed by atoms with Crippen molar-refractivity contribution in [1.29, 1.82) is 0 Å². The van der Waals surface area contributed by atoms with E-state index in [9.17, 15) is 42.0 Å². The minimum atomic E-state index is -3.64. The van der Waals surface area contributed by atoms with Crippen molar-refractivity contribution in [3.05, 3.63) is 130 Å². The van der Waals surface area contributed by atoms with Crippen LogP contribution in [0.3, 0.4) is 0 Å². The van der Waals surface area contributed by atoms with Gasteiger partial charge in [0.25, 0.3) is 29.5 Å². The number of carbonyl (C=O) groups is 7. The Hall–Kier alpha value is -7.27. The van der Waals surface area contributed by atoms with Crippen molar-refractivity contribution < 1.29 is 46.7 Å². The maximum Gasteiger partial charge on any atom is 0.263 e. The number of piperidine rings is 1. The molecule has 322 valence electrons. The van der Waals surface area contributed by atoms with Crippen LogP contribution >= 0.6 is 11.3 Å². The summed E-state index contributed by atoms with van der Waals surface area (Å²) in [4.78, 5) is 95.2. The van der Waals surface area contributed by atoms with Gasteiger partial charge in [-0.15, -0.1) is 11.3 Å². The molecule has 0 bridgehead atoms. The summed E-state index contributed by atoms with van der Waals surface area (Å²) in [7, 11) is -3.64. The maximum absolute atomic E-state index is 13.5. The molecular formula is C44H39N7O10S2. The molecule has 4 N–H and O–H groups in total. The SMILES string of the molecule is CS(=O)(=O)n1ccc(C(=O)NC(COCc2ccc(C(=O)NCCCC#Cc3cccc4c3C(=O)N(C3CCC(=O)NC3=O)C4=O)cc2)C(=O)Nc2nc(-c3ccccc3)cs2)c1.